The Morgan fingerprint density at radius 2 is 1.80 bits per heavy atom. The van der Waals surface area contributed by atoms with Gasteiger partial charge in [0, 0.05) is 6.20 Å². The van der Waals surface area contributed by atoms with E-state index in [1.165, 1.54) is 0 Å². The number of alkyl carbamates (subject to hydrolysis) is 1. The summed E-state index contributed by atoms with van der Waals surface area (Å²) in [6, 6.07) is 9.39. The summed E-state index contributed by atoms with van der Waals surface area (Å²) in [6.07, 6.45) is 2.28. The number of nitrogens with one attached hydrogen (secondary N) is 2. The van der Waals surface area contributed by atoms with Crippen LogP contribution in [0.3, 0.4) is 0 Å². The fourth-order valence-electron chi connectivity index (χ4n) is 2.71. The molecule has 0 aliphatic rings. The number of aromatic nitrogens is 3. The summed E-state index contributed by atoms with van der Waals surface area (Å²) in [5, 5.41) is 5.29. The maximum absolute atomic E-state index is 12.1. The minimum absolute atomic E-state index is 0.134. The lowest BCUT2D eigenvalue weighted by molar-refractivity contribution is 0.0523. The van der Waals surface area contributed by atoms with E-state index in [-0.39, 0.29) is 13.2 Å². The monoisotopic (exact) mass is 411 g/mol. The highest BCUT2D eigenvalue weighted by Gasteiger charge is 2.17. The molecule has 0 aliphatic carbocycles. The molecular formula is C21H25N5O4. The van der Waals surface area contributed by atoms with Gasteiger partial charge in [0.2, 0.25) is 0 Å². The van der Waals surface area contributed by atoms with Crippen LogP contribution >= 0.6 is 0 Å². The number of anilines is 1. The van der Waals surface area contributed by atoms with E-state index >= 15 is 0 Å². The number of nitrogens with zero attached hydrogens (tertiary/aromatic N) is 3. The molecule has 0 aliphatic heterocycles. The zero-order valence-electron chi connectivity index (χ0n) is 17.4. The quantitative estimate of drug-likeness (QED) is 0.661. The minimum atomic E-state index is -0.611. The number of carbonyl (C=O) groups excluding carboxylic acids is 2. The van der Waals surface area contributed by atoms with Gasteiger partial charge in [-0.3, -0.25) is 10.3 Å². The van der Waals surface area contributed by atoms with Gasteiger partial charge in [0.05, 0.1) is 18.4 Å². The van der Waals surface area contributed by atoms with Gasteiger partial charge in [-0.05, 0) is 33.3 Å². The molecule has 9 nitrogen and oxygen atoms in total. The zero-order chi connectivity index (χ0) is 21.7. The van der Waals surface area contributed by atoms with Crippen LogP contribution < -0.4 is 10.6 Å². The number of carbonyl (C=O) groups is 2. The molecule has 3 aromatic rings. The summed E-state index contributed by atoms with van der Waals surface area (Å²) in [4.78, 5) is 32.9. The van der Waals surface area contributed by atoms with E-state index in [9.17, 15) is 9.59 Å². The predicted molar refractivity (Wildman–Crippen MR) is 111 cm³/mol. The summed E-state index contributed by atoms with van der Waals surface area (Å²) in [6.45, 7) is 7.50. The van der Waals surface area contributed by atoms with Crippen LogP contribution in [-0.2, 0) is 22.6 Å². The maximum Gasteiger partial charge on any atom is 0.413 e. The van der Waals surface area contributed by atoms with E-state index < -0.39 is 17.8 Å². The van der Waals surface area contributed by atoms with Crippen LogP contribution in [0.5, 0.6) is 0 Å². The van der Waals surface area contributed by atoms with E-state index in [0.29, 0.717) is 17.2 Å². The third-order valence-electron chi connectivity index (χ3n) is 3.87. The van der Waals surface area contributed by atoms with Crippen LogP contribution in [-0.4, -0.2) is 32.2 Å². The molecule has 2 aromatic heterocycles. The lowest BCUT2D eigenvalue weighted by atomic mass is 10.2. The molecule has 30 heavy (non-hydrogen) atoms. The molecule has 3 rings (SSSR count). The van der Waals surface area contributed by atoms with Crippen LogP contribution in [0.4, 0.5) is 15.4 Å². The first-order valence-corrected chi connectivity index (χ1v) is 9.49. The van der Waals surface area contributed by atoms with E-state index in [1.807, 2.05) is 37.3 Å². The third kappa shape index (κ3) is 5.94. The highest BCUT2D eigenvalue weighted by atomic mass is 16.6. The largest absolute Gasteiger partial charge is 0.444 e. The van der Waals surface area contributed by atoms with Crippen molar-refractivity contribution in [1.82, 2.24) is 19.7 Å². The first kappa shape index (κ1) is 21.1. The topological polar surface area (TPSA) is 107 Å². The smallest absolute Gasteiger partial charge is 0.413 e. The van der Waals surface area contributed by atoms with Crippen molar-refractivity contribution in [2.45, 2.75) is 46.4 Å². The Morgan fingerprint density at radius 3 is 2.50 bits per heavy atom. The van der Waals surface area contributed by atoms with Gasteiger partial charge in [0.15, 0.2) is 11.5 Å². The molecular weight excluding hydrogens is 386 g/mol. The predicted octanol–water partition coefficient (Wildman–Crippen LogP) is 3.81. The Hall–Kier alpha value is -3.62. The molecule has 0 spiro atoms. The van der Waals surface area contributed by atoms with Gasteiger partial charge in [-0.15, -0.1) is 0 Å². The van der Waals surface area contributed by atoms with Gasteiger partial charge in [-0.1, -0.05) is 30.3 Å². The van der Waals surface area contributed by atoms with Crippen molar-refractivity contribution in [3.63, 3.8) is 0 Å². The lowest BCUT2D eigenvalue weighted by Gasteiger charge is -2.19. The molecule has 2 N–H and O–H groups in total. The molecule has 9 heteroatoms. The molecule has 158 valence electrons. The Bertz CT molecular complexity index is 1040. The van der Waals surface area contributed by atoms with Gasteiger partial charge >= 0.3 is 12.2 Å². The van der Waals surface area contributed by atoms with Crippen molar-refractivity contribution >= 4 is 23.7 Å². The van der Waals surface area contributed by atoms with Crippen LogP contribution in [0.25, 0.3) is 5.65 Å². The minimum Gasteiger partial charge on any atom is -0.444 e. The molecule has 0 unspecified atom stereocenters. The van der Waals surface area contributed by atoms with Crippen molar-refractivity contribution < 1.29 is 19.1 Å². The van der Waals surface area contributed by atoms with Crippen molar-refractivity contribution in [2.24, 2.45) is 0 Å². The van der Waals surface area contributed by atoms with Crippen molar-refractivity contribution in [3.05, 3.63) is 59.7 Å². The third-order valence-corrected chi connectivity index (χ3v) is 3.87. The summed E-state index contributed by atoms with van der Waals surface area (Å²) in [5.41, 5.74) is 2.09. The SMILES string of the molecule is Cc1cn2cc(NC(=O)OCc3ccccc3)nc2c(CNC(=O)OC(C)(C)C)n1. The van der Waals surface area contributed by atoms with Crippen LogP contribution in [0.1, 0.15) is 37.7 Å². The Morgan fingerprint density at radius 1 is 1.07 bits per heavy atom. The highest BCUT2D eigenvalue weighted by Crippen LogP contribution is 2.15. The Kier molecular flexibility index (Phi) is 6.20. The average molecular weight is 411 g/mol. The van der Waals surface area contributed by atoms with E-state index in [2.05, 4.69) is 20.6 Å². The zero-order valence-corrected chi connectivity index (χ0v) is 17.4. The Balaban J connectivity index is 1.67. The molecule has 0 radical (unpaired) electrons. The number of fused-ring (bicyclic) bond motifs is 1. The number of benzene rings is 1. The first-order valence-electron chi connectivity index (χ1n) is 9.49. The number of aryl methyl sites for hydroxylation is 1. The molecule has 0 saturated heterocycles. The summed E-state index contributed by atoms with van der Waals surface area (Å²) < 4.78 is 12.2. The average Bonchev–Trinajstić information content (AvgIpc) is 3.06. The number of amides is 2. The molecule has 2 heterocycles. The molecule has 2 amide bonds. The van der Waals surface area contributed by atoms with Gasteiger partial charge in [0.25, 0.3) is 0 Å². The molecule has 0 saturated carbocycles. The molecule has 1 aromatic carbocycles. The van der Waals surface area contributed by atoms with Gasteiger partial charge in [-0.25, -0.2) is 14.6 Å². The standard InChI is InChI=1S/C21H25N5O4/c1-14-11-26-12-17(25-20(28)29-13-15-8-6-5-7-9-15)24-18(26)16(23-14)10-22-19(27)30-21(2,3)4/h5-9,11-12H,10,13H2,1-4H3,(H,22,27)(H,25,28). The number of hydrogen-bond donors (Lipinski definition) is 2. The second-order valence-electron chi connectivity index (χ2n) is 7.73. The number of imidazole rings is 1. The lowest BCUT2D eigenvalue weighted by Crippen LogP contribution is -2.32. The Labute approximate surface area is 174 Å². The van der Waals surface area contributed by atoms with Gasteiger partial charge < -0.3 is 19.2 Å². The summed E-state index contributed by atoms with van der Waals surface area (Å²) >= 11 is 0. The number of ether oxygens (including phenoxy) is 2. The van der Waals surface area contributed by atoms with Crippen molar-refractivity contribution in [3.8, 4) is 0 Å². The van der Waals surface area contributed by atoms with Crippen molar-refractivity contribution in [2.75, 3.05) is 5.32 Å². The van der Waals surface area contributed by atoms with Gasteiger partial charge in [0.1, 0.15) is 17.9 Å². The van der Waals surface area contributed by atoms with Gasteiger partial charge in [-0.2, -0.15) is 0 Å². The fourth-order valence-corrected chi connectivity index (χ4v) is 2.71. The molecule has 0 atom stereocenters. The second kappa shape index (κ2) is 8.81. The van der Waals surface area contributed by atoms with Crippen molar-refractivity contribution in [1.29, 1.82) is 0 Å². The number of hydrogen-bond acceptors (Lipinski definition) is 6. The van der Waals surface area contributed by atoms with Crippen LogP contribution in [0.2, 0.25) is 0 Å². The van der Waals surface area contributed by atoms with E-state index in [0.717, 1.165) is 11.3 Å². The molecule has 0 fully saturated rings. The summed E-state index contributed by atoms with van der Waals surface area (Å²) in [7, 11) is 0. The molecule has 0 bridgehead atoms. The summed E-state index contributed by atoms with van der Waals surface area (Å²) in [5.74, 6) is 0.318. The van der Waals surface area contributed by atoms with E-state index in [4.69, 9.17) is 9.47 Å². The van der Waals surface area contributed by atoms with E-state index in [1.54, 1.807) is 37.6 Å². The highest BCUT2D eigenvalue weighted by molar-refractivity contribution is 5.83. The fraction of sp³-hybridized carbons (Fsp3) is 0.333. The second-order valence-corrected chi connectivity index (χ2v) is 7.73. The van der Waals surface area contributed by atoms with Crippen LogP contribution in [0.15, 0.2) is 42.7 Å². The maximum atomic E-state index is 12.1. The first-order chi connectivity index (χ1) is 14.2. The normalized spacial score (nSPS) is 11.2. The number of rotatable bonds is 5. The van der Waals surface area contributed by atoms with Crippen LogP contribution in [0, 0.1) is 6.92 Å².